The fourth-order valence-electron chi connectivity index (χ4n) is 11.0. The number of likely N-dealkylation sites (tertiary alicyclic amines) is 1. The van der Waals surface area contributed by atoms with Crippen LogP contribution in [0.3, 0.4) is 0 Å². The van der Waals surface area contributed by atoms with E-state index in [2.05, 4.69) is 80.7 Å². The van der Waals surface area contributed by atoms with E-state index in [1.807, 2.05) is 24.3 Å². The number of hydrogen-bond donors (Lipinski definition) is 2. The molecule has 10 heteroatoms. The summed E-state index contributed by atoms with van der Waals surface area (Å²) in [5, 5.41) is 12.5. The molecule has 3 atom stereocenters. The maximum absolute atomic E-state index is 13.3. The minimum absolute atomic E-state index is 0.115. The van der Waals surface area contributed by atoms with Crippen molar-refractivity contribution < 1.29 is 24.3 Å². The number of aryl methyl sites for hydroxylation is 1. The fraction of sp³-hybridized carbons (Fsp3) is 0.417. The second kappa shape index (κ2) is 14.8. The summed E-state index contributed by atoms with van der Waals surface area (Å²) in [6.45, 7) is 7.82. The molecule has 1 aliphatic carbocycles. The van der Waals surface area contributed by atoms with E-state index in [1.54, 1.807) is 0 Å². The molecule has 4 aromatic rings. The Labute approximate surface area is 339 Å². The Hall–Kier alpha value is -5.32. The van der Waals surface area contributed by atoms with Gasteiger partial charge in [0, 0.05) is 57.3 Å². The summed E-state index contributed by atoms with van der Waals surface area (Å²) >= 11 is 0. The summed E-state index contributed by atoms with van der Waals surface area (Å²) in [5.41, 5.74) is 9.92. The maximum Gasteiger partial charge on any atom is 0.262 e. The summed E-state index contributed by atoms with van der Waals surface area (Å²) in [4.78, 5) is 59.4. The summed E-state index contributed by atoms with van der Waals surface area (Å²) in [7, 11) is 0. The molecule has 5 aliphatic heterocycles. The number of rotatable bonds is 7. The van der Waals surface area contributed by atoms with Gasteiger partial charge in [0.05, 0.1) is 11.1 Å². The van der Waals surface area contributed by atoms with Crippen LogP contribution in [0.2, 0.25) is 0 Å². The van der Waals surface area contributed by atoms with Crippen LogP contribution in [0, 0.1) is 5.41 Å². The second-order valence-corrected chi connectivity index (χ2v) is 17.7. The summed E-state index contributed by atoms with van der Waals surface area (Å²) in [5.74, 6) is -0.828. The minimum atomic E-state index is -0.941. The highest BCUT2D eigenvalue weighted by molar-refractivity contribution is 6.23. The number of benzene rings is 4. The van der Waals surface area contributed by atoms with Crippen LogP contribution in [0.5, 0.6) is 5.75 Å². The average molecular weight is 778 g/mol. The topological polar surface area (TPSA) is 114 Å². The van der Waals surface area contributed by atoms with Crippen molar-refractivity contribution in [1.82, 2.24) is 20.0 Å². The largest absolute Gasteiger partial charge is 0.508 e. The average Bonchev–Trinajstić information content (AvgIpc) is 3.76. The predicted molar refractivity (Wildman–Crippen MR) is 221 cm³/mol. The highest BCUT2D eigenvalue weighted by Gasteiger charge is 2.45. The number of carbonyl (C=O) groups is 4. The van der Waals surface area contributed by atoms with E-state index in [-0.39, 0.29) is 24.7 Å². The first-order chi connectivity index (χ1) is 28.2. The molecule has 1 spiro atoms. The van der Waals surface area contributed by atoms with Gasteiger partial charge in [0.15, 0.2) is 0 Å². The first kappa shape index (κ1) is 37.0. The quantitative estimate of drug-likeness (QED) is 0.209. The molecule has 10 rings (SSSR count). The van der Waals surface area contributed by atoms with E-state index in [0.29, 0.717) is 28.2 Å². The van der Waals surface area contributed by atoms with E-state index >= 15 is 0 Å². The van der Waals surface area contributed by atoms with Crippen molar-refractivity contribution in [1.29, 1.82) is 0 Å². The van der Waals surface area contributed by atoms with E-state index in [4.69, 9.17) is 0 Å². The van der Waals surface area contributed by atoms with E-state index < -0.39 is 23.8 Å². The summed E-state index contributed by atoms with van der Waals surface area (Å²) < 4.78 is 0. The Balaban J connectivity index is 0.718. The van der Waals surface area contributed by atoms with Gasteiger partial charge in [0.2, 0.25) is 11.8 Å². The van der Waals surface area contributed by atoms with Gasteiger partial charge in [0.1, 0.15) is 11.8 Å². The number of nitrogens with zero attached hydrogens (tertiary/aromatic N) is 4. The van der Waals surface area contributed by atoms with Crippen LogP contribution in [-0.2, 0) is 29.1 Å². The van der Waals surface area contributed by atoms with E-state index in [0.717, 1.165) is 81.2 Å². The summed E-state index contributed by atoms with van der Waals surface area (Å²) in [6.07, 6.45) is 7.24. The van der Waals surface area contributed by atoms with Gasteiger partial charge in [-0.25, -0.2) is 0 Å². The van der Waals surface area contributed by atoms with Gasteiger partial charge in [0.25, 0.3) is 11.8 Å². The first-order valence-corrected chi connectivity index (χ1v) is 21.3. The van der Waals surface area contributed by atoms with Crippen LogP contribution < -0.4 is 10.2 Å². The zero-order valence-electron chi connectivity index (χ0n) is 33.0. The SMILES string of the molecule is O=C1CCC(N2C(=O)c3cc4c(cc3C2=O)CN(CCN2CCC3(CC2)CCN(c2ccc([C@@H]5c6ccc(O)cc6CC[C@@H]5c5ccccc5)cc2)CC3)C4)C(=O)N1. The Morgan fingerprint density at radius 3 is 1.98 bits per heavy atom. The minimum Gasteiger partial charge on any atom is -0.508 e. The number of phenols is 1. The van der Waals surface area contributed by atoms with Crippen molar-refractivity contribution in [2.24, 2.45) is 5.41 Å². The number of amides is 4. The molecule has 4 aromatic carbocycles. The van der Waals surface area contributed by atoms with Crippen molar-refractivity contribution in [2.45, 2.75) is 82.3 Å². The van der Waals surface area contributed by atoms with Crippen LogP contribution in [0.1, 0.15) is 111 Å². The van der Waals surface area contributed by atoms with Crippen molar-refractivity contribution in [3.8, 4) is 5.75 Å². The molecule has 0 saturated carbocycles. The lowest BCUT2D eigenvalue weighted by atomic mass is 9.69. The Kier molecular flexibility index (Phi) is 9.44. The predicted octanol–water partition coefficient (Wildman–Crippen LogP) is 6.35. The van der Waals surface area contributed by atoms with Gasteiger partial charge in [-0.1, -0.05) is 48.5 Å². The molecule has 298 valence electrons. The molecule has 5 heterocycles. The number of hydrogen-bond acceptors (Lipinski definition) is 8. The van der Waals surface area contributed by atoms with Crippen LogP contribution in [0.15, 0.2) is 84.9 Å². The third-order valence-corrected chi connectivity index (χ3v) is 14.5. The molecule has 58 heavy (non-hydrogen) atoms. The smallest absolute Gasteiger partial charge is 0.262 e. The number of carbonyl (C=O) groups excluding carboxylic acids is 4. The van der Waals surface area contributed by atoms with Crippen LogP contribution >= 0.6 is 0 Å². The number of phenolic OH excluding ortho intramolecular Hbond substituents is 1. The molecule has 6 aliphatic rings. The Morgan fingerprint density at radius 1 is 0.655 bits per heavy atom. The zero-order chi connectivity index (χ0) is 39.5. The molecule has 3 saturated heterocycles. The zero-order valence-corrected chi connectivity index (χ0v) is 33.0. The third kappa shape index (κ3) is 6.70. The highest BCUT2D eigenvalue weighted by Crippen LogP contribution is 2.48. The molecule has 3 fully saturated rings. The number of anilines is 1. The van der Waals surface area contributed by atoms with Crippen molar-refractivity contribution in [3.05, 3.63) is 129 Å². The second-order valence-electron chi connectivity index (χ2n) is 17.7. The lowest BCUT2D eigenvalue weighted by molar-refractivity contribution is -0.136. The highest BCUT2D eigenvalue weighted by atomic mass is 16.3. The molecule has 0 bridgehead atoms. The van der Waals surface area contributed by atoms with Gasteiger partial charge >= 0.3 is 0 Å². The number of nitrogens with one attached hydrogen (secondary N) is 1. The lowest BCUT2D eigenvalue weighted by Crippen LogP contribution is -2.54. The van der Waals surface area contributed by atoms with Crippen LogP contribution in [0.4, 0.5) is 5.69 Å². The fourth-order valence-corrected chi connectivity index (χ4v) is 11.0. The maximum atomic E-state index is 13.3. The number of piperidine rings is 3. The number of fused-ring (bicyclic) bond motifs is 3. The van der Waals surface area contributed by atoms with Gasteiger partial charge in [-0.05, 0) is 139 Å². The molecule has 10 nitrogen and oxygen atoms in total. The molecule has 1 unspecified atom stereocenters. The molecular formula is C48H51N5O5. The number of aromatic hydroxyl groups is 1. The van der Waals surface area contributed by atoms with E-state index in [1.165, 1.54) is 53.6 Å². The van der Waals surface area contributed by atoms with Crippen LogP contribution in [0.25, 0.3) is 0 Å². The monoisotopic (exact) mass is 777 g/mol. The molecule has 2 N–H and O–H groups in total. The standard InChI is InChI=1S/C48H51N5O5/c54-37-11-13-39-33(26-37)8-12-38(31-4-2-1-3-5-31)44(39)32-6-9-36(10-7-32)52-22-18-48(19-23-52)16-20-50(21-17-48)24-25-51-29-34-27-40-41(28-35(34)30-51)47(58)53(46(40)57)42-14-15-43(55)49-45(42)56/h1-7,9-11,13,26-28,38,42,44,54H,8,12,14-25,29-30H2,(H,49,55,56)/t38-,42?,44+/m1/s1. The van der Waals surface area contributed by atoms with Gasteiger partial charge in [-0.3, -0.25) is 34.3 Å². The van der Waals surface area contributed by atoms with Crippen LogP contribution in [-0.4, -0.2) is 88.7 Å². The third-order valence-electron chi connectivity index (χ3n) is 14.5. The lowest BCUT2D eigenvalue weighted by Gasteiger charge is -2.47. The van der Waals surface area contributed by atoms with E-state index in [9.17, 15) is 24.3 Å². The van der Waals surface area contributed by atoms with Crippen molar-refractivity contribution in [2.75, 3.05) is 44.2 Å². The summed E-state index contributed by atoms with van der Waals surface area (Å²) in [6, 6.07) is 29.0. The molecular weight excluding hydrogens is 727 g/mol. The number of imide groups is 2. The molecule has 4 amide bonds. The van der Waals surface area contributed by atoms with Gasteiger partial charge in [-0.2, -0.15) is 0 Å². The van der Waals surface area contributed by atoms with Crippen molar-refractivity contribution in [3.63, 3.8) is 0 Å². The normalized spacial score (nSPS) is 24.5. The van der Waals surface area contributed by atoms with Gasteiger partial charge in [-0.15, -0.1) is 0 Å². The molecule has 0 aromatic heterocycles. The van der Waals surface area contributed by atoms with Gasteiger partial charge < -0.3 is 14.9 Å². The Bertz CT molecular complexity index is 2230. The Morgan fingerprint density at radius 2 is 1.31 bits per heavy atom. The first-order valence-electron chi connectivity index (χ1n) is 21.3. The molecule has 0 radical (unpaired) electrons. The van der Waals surface area contributed by atoms with Crippen molar-refractivity contribution >= 4 is 29.3 Å².